The summed E-state index contributed by atoms with van der Waals surface area (Å²) in [5.41, 5.74) is 9.39. The van der Waals surface area contributed by atoms with Gasteiger partial charge in [-0.3, -0.25) is 4.79 Å². The van der Waals surface area contributed by atoms with Crippen molar-refractivity contribution >= 4 is 23.6 Å². The zero-order valence-electron chi connectivity index (χ0n) is 12.3. The molecule has 23 heavy (non-hydrogen) atoms. The number of thiol groups is 1. The molecule has 0 unspecified atom stereocenters. The van der Waals surface area contributed by atoms with E-state index in [0.29, 0.717) is 5.03 Å². The van der Waals surface area contributed by atoms with Crippen molar-refractivity contribution in [2.24, 2.45) is 5.73 Å². The summed E-state index contributed by atoms with van der Waals surface area (Å²) in [4.78, 5) is 11.0. The second kappa shape index (κ2) is 6.54. The lowest BCUT2D eigenvalue weighted by molar-refractivity contribution is -0.113. The van der Waals surface area contributed by atoms with Gasteiger partial charge in [0.25, 0.3) is 0 Å². The minimum atomic E-state index is -0.559. The van der Waals surface area contributed by atoms with Crippen molar-refractivity contribution in [1.29, 1.82) is 0 Å². The predicted octanol–water partition coefficient (Wildman–Crippen LogP) is 3.43. The first-order chi connectivity index (χ1) is 11.1. The molecule has 0 spiro atoms. The summed E-state index contributed by atoms with van der Waals surface area (Å²) in [6, 6.07) is 18.3. The SMILES string of the molecule is NC(=O)/C=C(\S)n1cc(-c2ccccc2-c2ccccc2)cn1. The number of carbonyl (C=O) groups is 1. The largest absolute Gasteiger partial charge is 0.366 e. The summed E-state index contributed by atoms with van der Waals surface area (Å²) in [7, 11) is 0. The summed E-state index contributed by atoms with van der Waals surface area (Å²) >= 11 is 4.24. The van der Waals surface area contributed by atoms with Crippen LogP contribution in [0.5, 0.6) is 0 Å². The topological polar surface area (TPSA) is 60.9 Å². The fraction of sp³-hybridized carbons (Fsp3) is 0. The lowest BCUT2D eigenvalue weighted by Gasteiger charge is -2.07. The second-order valence-corrected chi connectivity index (χ2v) is 5.45. The molecule has 114 valence electrons. The van der Waals surface area contributed by atoms with Gasteiger partial charge in [-0.15, -0.1) is 12.6 Å². The number of primary amides is 1. The standard InChI is InChI=1S/C18H15N3OS/c19-17(22)10-18(23)21-12-14(11-20-21)16-9-5-4-8-15(16)13-6-2-1-3-7-13/h1-12,23H,(H2,19,22)/b18-10-. The molecule has 2 aromatic carbocycles. The molecule has 0 saturated heterocycles. The third-order valence-electron chi connectivity index (χ3n) is 3.41. The molecule has 0 bridgehead atoms. The number of carbonyl (C=O) groups excluding carboxylic acids is 1. The fourth-order valence-electron chi connectivity index (χ4n) is 2.38. The first-order valence-electron chi connectivity index (χ1n) is 7.05. The van der Waals surface area contributed by atoms with E-state index < -0.39 is 5.91 Å². The van der Waals surface area contributed by atoms with Crippen molar-refractivity contribution in [3.63, 3.8) is 0 Å². The van der Waals surface area contributed by atoms with Crippen LogP contribution in [0.3, 0.4) is 0 Å². The van der Waals surface area contributed by atoms with E-state index >= 15 is 0 Å². The maximum absolute atomic E-state index is 11.0. The Labute approximate surface area is 139 Å². The van der Waals surface area contributed by atoms with Crippen LogP contribution in [0.1, 0.15) is 0 Å². The van der Waals surface area contributed by atoms with Gasteiger partial charge in [0, 0.05) is 17.8 Å². The third-order valence-corrected chi connectivity index (χ3v) is 3.75. The first kappa shape index (κ1) is 15.1. The van der Waals surface area contributed by atoms with Gasteiger partial charge in [-0.25, -0.2) is 4.68 Å². The molecular weight excluding hydrogens is 306 g/mol. The van der Waals surface area contributed by atoms with Gasteiger partial charge >= 0.3 is 0 Å². The maximum Gasteiger partial charge on any atom is 0.244 e. The normalized spacial score (nSPS) is 11.4. The Kier molecular flexibility index (Phi) is 4.30. The van der Waals surface area contributed by atoms with Crippen LogP contribution in [-0.4, -0.2) is 15.7 Å². The molecule has 3 aromatic rings. The Morgan fingerprint density at radius 1 is 1.00 bits per heavy atom. The van der Waals surface area contributed by atoms with Crippen LogP contribution < -0.4 is 5.73 Å². The van der Waals surface area contributed by atoms with Gasteiger partial charge in [-0.2, -0.15) is 5.10 Å². The monoisotopic (exact) mass is 321 g/mol. The van der Waals surface area contributed by atoms with Gasteiger partial charge in [-0.05, 0) is 16.7 Å². The van der Waals surface area contributed by atoms with E-state index in [1.807, 2.05) is 42.6 Å². The van der Waals surface area contributed by atoms with E-state index in [9.17, 15) is 4.79 Å². The fourth-order valence-corrected chi connectivity index (χ4v) is 2.62. The second-order valence-electron chi connectivity index (χ2n) is 4.99. The van der Waals surface area contributed by atoms with Crippen LogP contribution in [0.2, 0.25) is 0 Å². The summed E-state index contributed by atoms with van der Waals surface area (Å²) in [5, 5.41) is 4.62. The number of aromatic nitrogens is 2. The van der Waals surface area contributed by atoms with E-state index in [1.54, 1.807) is 6.20 Å². The van der Waals surface area contributed by atoms with Gasteiger partial charge in [0.1, 0.15) is 0 Å². The molecule has 1 heterocycles. The summed E-state index contributed by atoms with van der Waals surface area (Å²) < 4.78 is 1.52. The van der Waals surface area contributed by atoms with Crippen molar-refractivity contribution in [2.45, 2.75) is 0 Å². The van der Waals surface area contributed by atoms with Crippen molar-refractivity contribution in [3.8, 4) is 22.3 Å². The Balaban J connectivity index is 2.04. The molecule has 2 N–H and O–H groups in total. The van der Waals surface area contributed by atoms with Crippen LogP contribution >= 0.6 is 12.6 Å². The highest BCUT2D eigenvalue weighted by Gasteiger charge is 2.09. The quantitative estimate of drug-likeness (QED) is 0.571. The Bertz CT molecular complexity index is 869. The maximum atomic E-state index is 11.0. The Hall–Kier alpha value is -2.79. The van der Waals surface area contributed by atoms with Crippen LogP contribution in [0, 0.1) is 0 Å². The van der Waals surface area contributed by atoms with Gasteiger partial charge in [-0.1, -0.05) is 54.6 Å². The van der Waals surface area contributed by atoms with Crippen LogP contribution in [0.4, 0.5) is 0 Å². The molecule has 3 rings (SSSR count). The lowest BCUT2D eigenvalue weighted by Crippen LogP contribution is -2.07. The van der Waals surface area contributed by atoms with E-state index in [-0.39, 0.29) is 0 Å². The van der Waals surface area contributed by atoms with Gasteiger partial charge in [0.15, 0.2) is 0 Å². The molecule has 4 nitrogen and oxygen atoms in total. The molecule has 0 atom stereocenters. The van der Waals surface area contributed by atoms with E-state index in [0.717, 1.165) is 22.3 Å². The number of nitrogens with zero attached hydrogens (tertiary/aromatic N) is 2. The number of nitrogens with two attached hydrogens (primary N) is 1. The summed E-state index contributed by atoms with van der Waals surface area (Å²) in [6.45, 7) is 0. The molecule has 1 aromatic heterocycles. The number of rotatable bonds is 4. The zero-order valence-corrected chi connectivity index (χ0v) is 13.1. The smallest absolute Gasteiger partial charge is 0.244 e. The molecule has 0 aliphatic rings. The number of benzene rings is 2. The minimum absolute atomic E-state index is 0.376. The summed E-state index contributed by atoms with van der Waals surface area (Å²) in [6.07, 6.45) is 4.79. The van der Waals surface area contributed by atoms with Crippen molar-refractivity contribution in [1.82, 2.24) is 9.78 Å². The first-order valence-corrected chi connectivity index (χ1v) is 7.50. The van der Waals surface area contributed by atoms with Gasteiger partial charge in [0.05, 0.1) is 11.2 Å². The molecule has 0 fully saturated rings. The van der Waals surface area contributed by atoms with E-state index in [1.165, 1.54) is 10.8 Å². The molecule has 0 radical (unpaired) electrons. The zero-order chi connectivity index (χ0) is 16.2. The highest BCUT2D eigenvalue weighted by molar-refractivity contribution is 7.90. The average molecular weight is 321 g/mol. The van der Waals surface area contributed by atoms with Gasteiger partial charge in [0.2, 0.25) is 5.91 Å². The molecule has 1 amide bonds. The third kappa shape index (κ3) is 3.35. The number of hydrogen-bond donors (Lipinski definition) is 2. The molecule has 0 aliphatic carbocycles. The van der Waals surface area contributed by atoms with Crippen molar-refractivity contribution in [3.05, 3.63) is 73.1 Å². The number of hydrogen-bond acceptors (Lipinski definition) is 3. The Morgan fingerprint density at radius 2 is 1.61 bits per heavy atom. The van der Waals surface area contributed by atoms with Crippen LogP contribution in [0.25, 0.3) is 27.3 Å². The summed E-state index contributed by atoms with van der Waals surface area (Å²) in [5.74, 6) is -0.559. The van der Waals surface area contributed by atoms with Crippen molar-refractivity contribution in [2.75, 3.05) is 0 Å². The van der Waals surface area contributed by atoms with E-state index in [2.05, 4.69) is 35.9 Å². The van der Waals surface area contributed by atoms with E-state index in [4.69, 9.17) is 5.73 Å². The highest BCUT2D eigenvalue weighted by atomic mass is 32.1. The van der Waals surface area contributed by atoms with Crippen molar-refractivity contribution < 1.29 is 4.79 Å². The molecule has 0 saturated carbocycles. The predicted molar refractivity (Wildman–Crippen MR) is 95.6 cm³/mol. The lowest BCUT2D eigenvalue weighted by atomic mass is 9.96. The highest BCUT2D eigenvalue weighted by Crippen LogP contribution is 2.32. The molecule has 5 heteroatoms. The number of amides is 1. The molecule has 0 aliphatic heterocycles. The van der Waals surface area contributed by atoms with Gasteiger partial charge < -0.3 is 5.73 Å². The Morgan fingerprint density at radius 3 is 2.26 bits per heavy atom. The van der Waals surface area contributed by atoms with Crippen LogP contribution in [0.15, 0.2) is 73.1 Å². The minimum Gasteiger partial charge on any atom is -0.366 e. The van der Waals surface area contributed by atoms with Crippen LogP contribution in [-0.2, 0) is 4.79 Å². The molecular formula is C18H15N3OS. The average Bonchev–Trinajstić information content (AvgIpc) is 3.05.